The number of rotatable bonds is 5. The van der Waals surface area contributed by atoms with E-state index in [1.54, 1.807) is 20.8 Å². The van der Waals surface area contributed by atoms with Crippen molar-refractivity contribution < 1.29 is 9.32 Å². The molecule has 1 amide bonds. The van der Waals surface area contributed by atoms with Gasteiger partial charge in [0.1, 0.15) is 0 Å². The third-order valence-corrected chi connectivity index (χ3v) is 2.89. The molecule has 0 aliphatic heterocycles. The second-order valence-corrected chi connectivity index (χ2v) is 4.67. The standard InChI is InChI=1S/C10H16N4O2S/c1-6-13-7(16-14-6)4-5-12-9(15)10(2,3)8(11)17/h4-5H2,1-3H3,(H2,11,17)(H,12,15). The molecule has 1 aromatic heterocycles. The average molecular weight is 256 g/mol. The van der Waals surface area contributed by atoms with Crippen LogP contribution in [0, 0.1) is 12.3 Å². The lowest BCUT2D eigenvalue weighted by molar-refractivity contribution is -0.126. The molecule has 1 rings (SSSR count). The summed E-state index contributed by atoms with van der Waals surface area (Å²) in [4.78, 5) is 16.0. The maximum absolute atomic E-state index is 11.8. The summed E-state index contributed by atoms with van der Waals surface area (Å²) in [5, 5.41) is 6.38. The summed E-state index contributed by atoms with van der Waals surface area (Å²) in [5.74, 6) is 0.868. The van der Waals surface area contributed by atoms with E-state index in [1.807, 2.05) is 0 Å². The Bertz CT molecular complexity index is 428. The first-order valence-electron chi connectivity index (χ1n) is 5.21. The quantitative estimate of drug-likeness (QED) is 0.738. The van der Waals surface area contributed by atoms with Gasteiger partial charge in [-0.15, -0.1) is 0 Å². The van der Waals surface area contributed by atoms with Crippen molar-refractivity contribution in [3.63, 3.8) is 0 Å². The Kier molecular flexibility index (Phi) is 4.17. The number of carbonyl (C=O) groups is 1. The number of hydrogen-bond donors (Lipinski definition) is 2. The van der Waals surface area contributed by atoms with Gasteiger partial charge in [-0.3, -0.25) is 4.79 Å². The summed E-state index contributed by atoms with van der Waals surface area (Å²) >= 11 is 4.83. The summed E-state index contributed by atoms with van der Waals surface area (Å²) < 4.78 is 4.92. The van der Waals surface area contributed by atoms with Crippen LogP contribution in [-0.2, 0) is 11.2 Å². The predicted octanol–water partition coefficient (Wildman–Crippen LogP) is 0.349. The smallest absolute Gasteiger partial charge is 0.232 e. The lowest BCUT2D eigenvalue weighted by Gasteiger charge is -2.21. The molecular formula is C10H16N4O2S. The van der Waals surface area contributed by atoms with Gasteiger partial charge in [0.25, 0.3) is 0 Å². The number of thiocarbonyl (C=S) groups is 1. The van der Waals surface area contributed by atoms with E-state index in [1.165, 1.54) is 0 Å². The lowest BCUT2D eigenvalue weighted by atomic mass is 9.92. The molecule has 17 heavy (non-hydrogen) atoms. The molecule has 6 nitrogen and oxygen atoms in total. The molecule has 0 atom stereocenters. The van der Waals surface area contributed by atoms with Crippen LogP contribution >= 0.6 is 12.2 Å². The molecule has 0 saturated carbocycles. The van der Waals surface area contributed by atoms with Crippen LogP contribution in [0.2, 0.25) is 0 Å². The number of nitrogens with two attached hydrogens (primary N) is 1. The molecule has 7 heteroatoms. The van der Waals surface area contributed by atoms with Crippen LogP contribution in [0.5, 0.6) is 0 Å². The SMILES string of the molecule is Cc1noc(CCNC(=O)C(C)(C)C(N)=S)n1. The minimum absolute atomic E-state index is 0.170. The van der Waals surface area contributed by atoms with Crippen LogP contribution in [0.15, 0.2) is 4.52 Å². The number of nitrogens with zero attached hydrogens (tertiary/aromatic N) is 2. The van der Waals surface area contributed by atoms with E-state index in [4.69, 9.17) is 22.5 Å². The molecule has 0 unspecified atom stereocenters. The zero-order chi connectivity index (χ0) is 13.1. The number of hydrogen-bond acceptors (Lipinski definition) is 5. The number of nitrogens with one attached hydrogen (secondary N) is 1. The molecule has 0 bridgehead atoms. The Labute approximate surface area is 105 Å². The van der Waals surface area contributed by atoms with Gasteiger partial charge in [-0.05, 0) is 20.8 Å². The van der Waals surface area contributed by atoms with Crippen LogP contribution in [0.3, 0.4) is 0 Å². The summed E-state index contributed by atoms with van der Waals surface area (Å²) in [6.45, 7) is 5.51. The zero-order valence-electron chi connectivity index (χ0n) is 10.1. The van der Waals surface area contributed by atoms with Crippen LogP contribution < -0.4 is 11.1 Å². The zero-order valence-corrected chi connectivity index (χ0v) is 10.9. The van der Waals surface area contributed by atoms with Crippen LogP contribution in [0.1, 0.15) is 25.6 Å². The van der Waals surface area contributed by atoms with E-state index in [9.17, 15) is 4.79 Å². The Hall–Kier alpha value is -1.50. The fourth-order valence-electron chi connectivity index (χ4n) is 1.06. The van der Waals surface area contributed by atoms with Gasteiger partial charge < -0.3 is 15.6 Å². The maximum Gasteiger partial charge on any atom is 0.232 e. The van der Waals surface area contributed by atoms with E-state index in [0.29, 0.717) is 24.7 Å². The number of aryl methyl sites for hydroxylation is 1. The minimum atomic E-state index is -0.847. The Morgan fingerprint density at radius 3 is 2.71 bits per heavy atom. The molecule has 0 spiro atoms. The molecular weight excluding hydrogens is 240 g/mol. The monoisotopic (exact) mass is 256 g/mol. The Morgan fingerprint density at radius 1 is 1.59 bits per heavy atom. The maximum atomic E-state index is 11.8. The first-order valence-corrected chi connectivity index (χ1v) is 5.62. The second kappa shape index (κ2) is 5.22. The minimum Gasteiger partial charge on any atom is -0.392 e. The largest absolute Gasteiger partial charge is 0.392 e. The van der Waals surface area contributed by atoms with E-state index < -0.39 is 5.41 Å². The summed E-state index contributed by atoms with van der Waals surface area (Å²) in [5.41, 5.74) is 4.64. The molecule has 0 fully saturated rings. The van der Waals surface area contributed by atoms with Crippen molar-refractivity contribution in [2.24, 2.45) is 11.1 Å². The van der Waals surface area contributed by atoms with Crippen molar-refractivity contribution in [1.29, 1.82) is 0 Å². The highest BCUT2D eigenvalue weighted by Crippen LogP contribution is 2.15. The molecule has 0 saturated heterocycles. The highest BCUT2D eigenvalue weighted by atomic mass is 32.1. The van der Waals surface area contributed by atoms with E-state index >= 15 is 0 Å². The van der Waals surface area contributed by atoms with E-state index in [-0.39, 0.29) is 10.9 Å². The first kappa shape index (κ1) is 13.6. The third kappa shape index (κ3) is 3.48. The van der Waals surface area contributed by atoms with Gasteiger partial charge in [0.15, 0.2) is 5.82 Å². The lowest BCUT2D eigenvalue weighted by Crippen LogP contribution is -2.45. The number of aromatic nitrogens is 2. The average Bonchev–Trinajstić information content (AvgIpc) is 2.63. The van der Waals surface area contributed by atoms with Crippen molar-refractivity contribution in [3.05, 3.63) is 11.7 Å². The van der Waals surface area contributed by atoms with Crippen molar-refractivity contribution >= 4 is 23.1 Å². The van der Waals surface area contributed by atoms with E-state index in [2.05, 4.69) is 15.5 Å². The summed E-state index contributed by atoms with van der Waals surface area (Å²) in [6.07, 6.45) is 0.486. The van der Waals surface area contributed by atoms with Gasteiger partial charge in [-0.25, -0.2) is 0 Å². The van der Waals surface area contributed by atoms with Gasteiger partial charge in [0.2, 0.25) is 11.8 Å². The van der Waals surface area contributed by atoms with Crippen LogP contribution in [-0.4, -0.2) is 27.6 Å². The van der Waals surface area contributed by atoms with E-state index in [0.717, 1.165) is 0 Å². The highest BCUT2D eigenvalue weighted by molar-refractivity contribution is 7.80. The normalized spacial score (nSPS) is 11.2. The highest BCUT2D eigenvalue weighted by Gasteiger charge is 2.30. The Morgan fingerprint density at radius 2 is 2.24 bits per heavy atom. The molecule has 1 aromatic rings. The second-order valence-electron chi connectivity index (χ2n) is 4.23. The molecule has 3 N–H and O–H groups in total. The van der Waals surface area contributed by atoms with Gasteiger partial charge in [-0.2, -0.15) is 4.98 Å². The van der Waals surface area contributed by atoms with Crippen molar-refractivity contribution in [1.82, 2.24) is 15.5 Å². The van der Waals surface area contributed by atoms with Crippen LogP contribution in [0.25, 0.3) is 0 Å². The first-order chi connectivity index (χ1) is 7.84. The Balaban J connectivity index is 2.42. The fourth-order valence-corrected chi connectivity index (χ4v) is 1.15. The molecule has 94 valence electrons. The molecule has 1 heterocycles. The molecule has 0 aliphatic carbocycles. The van der Waals surface area contributed by atoms with Gasteiger partial charge >= 0.3 is 0 Å². The molecule has 0 aliphatic rings. The van der Waals surface area contributed by atoms with Crippen molar-refractivity contribution in [2.75, 3.05) is 6.54 Å². The van der Waals surface area contributed by atoms with Crippen molar-refractivity contribution in [2.45, 2.75) is 27.2 Å². The topological polar surface area (TPSA) is 94.0 Å². The van der Waals surface area contributed by atoms with Crippen molar-refractivity contribution in [3.8, 4) is 0 Å². The van der Waals surface area contributed by atoms with Crippen LogP contribution in [0.4, 0.5) is 0 Å². The fraction of sp³-hybridized carbons (Fsp3) is 0.600. The predicted molar refractivity (Wildman–Crippen MR) is 66.3 cm³/mol. The number of carbonyl (C=O) groups excluding carboxylic acids is 1. The molecule has 0 radical (unpaired) electrons. The summed E-state index contributed by atoms with van der Waals surface area (Å²) in [6, 6.07) is 0. The number of amides is 1. The summed E-state index contributed by atoms with van der Waals surface area (Å²) in [7, 11) is 0. The van der Waals surface area contributed by atoms with Gasteiger partial charge in [0, 0.05) is 13.0 Å². The van der Waals surface area contributed by atoms with Gasteiger partial charge in [0.05, 0.1) is 10.4 Å². The third-order valence-electron chi connectivity index (χ3n) is 2.38. The molecule has 0 aromatic carbocycles. The van der Waals surface area contributed by atoms with Gasteiger partial charge in [-0.1, -0.05) is 17.4 Å².